The quantitative estimate of drug-likeness (QED) is 0.408. The van der Waals surface area contributed by atoms with Gasteiger partial charge < -0.3 is 20.1 Å². The summed E-state index contributed by atoms with van der Waals surface area (Å²) in [5.41, 5.74) is 1.09. The Kier molecular flexibility index (Phi) is 9.19. The van der Waals surface area contributed by atoms with Gasteiger partial charge in [-0.25, -0.2) is 4.99 Å². The second-order valence-electron chi connectivity index (χ2n) is 6.42. The third kappa shape index (κ3) is 7.34. The average molecular weight is 348 g/mol. The highest BCUT2D eigenvalue weighted by Crippen LogP contribution is 2.20. The van der Waals surface area contributed by atoms with E-state index in [-0.39, 0.29) is 0 Å². The van der Waals surface area contributed by atoms with Crippen molar-refractivity contribution in [2.45, 2.75) is 58.1 Å². The molecule has 1 fully saturated rings. The smallest absolute Gasteiger partial charge is 0.191 e. The maximum Gasteiger partial charge on any atom is 0.191 e. The molecule has 0 aromatic heterocycles. The van der Waals surface area contributed by atoms with Gasteiger partial charge in [-0.1, -0.05) is 37.5 Å². The van der Waals surface area contributed by atoms with Gasteiger partial charge in [0.2, 0.25) is 0 Å². The number of rotatable bonds is 9. The summed E-state index contributed by atoms with van der Waals surface area (Å²) >= 11 is 0. The van der Waals surface area contributed by atoms with Crippen molar-refractivity contribution in [1.82, 2.24) is 10.6 Å². The lowest BCUT2D eigenvalue weighted by atomic mass is 9.98. The van der Waals surface area contributed by atoms with E-state index in [4.69, 9.17) is 9.47 Å². The van der Waals surface area contributed by atoms with E-state index < -0.39 is 0 Å². The molecule has 0 atom stereocenters. The number of ether oxygens (including phenoxy) is 2. The number of hydrogen-bond donors (Lipinski definition) is 2. The Morgan fingerprint density at radius 3 is 2.72 bits per heavy atom. The van der Waals surface area contributed by atoms with Crippen LogP contribution in [0.25, 0.3) is 0 Å². The van der Waals surface area contributed by atoms with E-state index in [2.05, 4.69) is 22.5 Å². The van der Waals surface area contributed by atoms with Gasteiger partial charge in [-0.2, -0.15) is 0 Å². The summed E-state index contributed by atoms with van der Waals surface area (Å²) in [4.78, 5) is 4.65. The first-order valence-corrected chi connectivity index (χ1v) is 9.59. The Bertz CT molecular complexity index is 513. The Balaban J connectivity index is 1.71. The lowest BCUT2D eigenvalue weighted by molar-refractivity contribution is 0.0277. The largest absolute Gasteiger partial charge is 0.496 e. The first kappa shape index (κ1) is 19.6. The van der Waals surface area contributed by atoms with Crippen LogP contribution in [-0.4, -0.2) is 38.9 Å². The summed E-state index contributed by atoms with van der Waals surface area (Å²) in [6, 6.07) is 8.00. The van der Waals surface area contributed by atoms with Crippen LogP contribution in [0.5, 0.6) is 5.75 Å². The van der Waals surface area contributed by atoms with E-state index in [1.54, 1.807) is 7.11 Å². The predicted octanol–water partition coefficient (Wildman–Crippen LogP) is 3.49. The van der Waals surface area contributed by atoms with Crippen LogP contribution in [0.3, 0.4) is 0 Å². The van der Waals surface area contributed by atoms with Gasteiger partial charge in [0, 0.05) is 25.3 Å². The van der Waals surface area contributed by atoms with Gasteiger partial charge in [0.1, 0.15) is 5.75 Å². The van der Waals surface area contributed by atoms with Crippen molar-refractivity contribution >= 4 is 5.96 Å². The van der Waals surface area contributed by atoms with Gasteiger partial charge in [-0.05, 0) is 32.3 Å². The fourth-order valence-corrected chi connectivity index (χ4v) is 3.10. The number of guanidine groups is 1. The van der Waals surface area contributed by atoms with Crippen molar-refractivity contribution in [3.05, 3.63) is 29.8 Å². The highest BCUT2D eigenvalue weighted by Gasteiger charge is 2.13. The third-order valence-electron chi connectivity index (χ3n) is 4.46. The summed E-state index contributed by atoms with van der Waals surface area (Å²) in [6.07, 6.45) is 7.96. The normalized spacial score (nSPS) is 15.8. The Labute approximate surface area is 152 Å². The molecule has 1 aliphatic rings. The molecule has 140 valence electrons. The lowest BCUT2D eigenvalue weighted by Gasteiger charge is -2.22. The van der Waals surface area contributed by atoms with Crippen molar-refractivity contribution in [1.29, 1.82) is 0 Å². The van der Waals surface area contributed by atoms with Crippen molar-refractivity contribution in [3.63, 3.8) is 0 Å². The molecule has 0 amide bonds. The zero-order valence-electron chi connectivity index (χ0n) is 15.7. The predicted molar refractivity (Wildman–Crippen MR) is 103 cm³/mol. The number of methoxy groups -OCH3 is 1. The monoisotopic (exact) mass is 347 g/mol. The molecule has 0 bridgehead atoms. The molecule has 5 heteroatoms. The maximum absolute atomic E-state index is 5.97. The van der Waals surface area contributed by atoms with Crippen molar-refractivity contribution in [3.8, 4) is 5.75 Å². The van der Waals surface area contributed by atoms with Crippen molar-refractivity contribution < 1.29 is 9.47 Å². The van der Waals surface area contributed by atoms with E-state index in [1.165, 1.54) is 32.1 Å². The molecule has 1 saturated carbocycles. The molecule has 0 spiro atoms. The molecule has 1 aliphatic carbocycles. The van der Waals surface area contributed by atoms with E-state index >= 15 is 0 Å². The minimum atomic E-state index is 0.487. The topological polar surface area (TPSA) is 54.9 Å². The maximum atomic E-state index is 5.97. The highest BCUT2D eigenvalue weighted by molar-refractivity contribution is 5.79. The highest BCUT2D eigenvalue weighted by atomic mass is 16.5. The van der Waals surface area contributed by atoms with Gasteiger partial charge in [-0.15, -0.1) is 0 Å². The molecule has 0 saturated heterocycles. The fourth-order valence-electron chi connectivity index (χ4n) is 3.10. The van der Waals surface area contributed by atoms with Crippen molar-refractivity contribution in [2.75, 3.05) is 26.8 Å². The molecule has 1 aromatic rings. The number of aliphatic imine (C=N–C) groups is 1. The molecule has 0 radical (unpaired) electrons. The molecule has 1 aromatic carbocycles. The summed E-state index contributed by atoms with van der Waals surface area (Å²) < 4.78 is 11.3. The van der Waals surface area contributed by atoms with Crippen LogP contribution in [0.2, 0.25) is 0 Å². The SMILES string of the molecule is CCNC(=NCc1ccccc1OC)NCCCOC1CCCCC1. The zero-order chi connectivity index (χ0) is 17.7. The van der Waals surface area contributed by atoms with E-state index in [0.717, 1.165) is 43.4 Å². The Morgan fingerprint density at radius 2 is 1.96 bits per heavy atom. The van der Waals surface area contributed by atoms with Crippen LogP contribution in [0.1, 0.15) is 51.0 Å². The van der Waals surface area contributed by atoms with Crippen LogP contribution in [0.15, 0.2) is 29.3 Å². The van der Waals surface area contributed by atoms with Gasteiger partial charge in [0.15, 0.2) is 5.96 Å². The summed E-state index contributed by atoms with van der Waals surface area (Å²) in [7, 11) is 1.69. The first-order valence-electron chi connectivity index (χ1n) is 9.59. The molecule has 5 nitrogen and oxygen atoms in total. The summed E-state index contributed by atoms with van der Waals surface area (Å²) in [5.74, 6) is 1.72. The molecule has 25 heavy (non-hydrogen) atoms. The molecule has 2 N–H and O–H groups in total. The van der Waals surface area contributed by atoms with Crippen LogP contribution in [0.4, 0.5) is 0 Å². The van der Waals surface area contributed by atoms with Crippen molar-refractivity contribution in [2.24, 2.45) is 4.99 Å². The Hall–Kier alpha value is -1.75. The van der Waals surface area contributed by atoms with E-state index in [1.807, 2.05) is 24.3 Å². The van der Waals surface area contributed by atoms with Gasteiger partial charge in [-0.3, -0.25) is 0 Å². The summed E-state index contributed by atoms with van der Waals surface area (Å²) in [6.45, 7) is 5.20. The summed E-state index contributed by atoms with van der Waals surface area (Å²) in [5, 5.41) is 6.67. The molecule has 0 aliphatic heterocycles. The Morgan fingerprint density at radius 1 is 1.16 bits per heavy atom. The first-order chi connectivity index (χ1) is 12.3. The van der Waals surface area contributed by atoms with Gasteiger partial charge >= 0.3 is 0 Å². The second kappa shape index (κ2) is 11.7. The number of para-hydroxylation sites is 1. The van der Waals surface area contributed by atoms with E-state index in [9.17, 15) is 0 Å². The molecule has 0 unspecified atom stereocenters. The number of hydrogen-bond acceptors (Lipinski definition) is 3. The molecule has 0 heterocycles. The molecule has 2 rings (SSSR count). The van der Waals surface area contributed by atoms with Gasteiger partial charge in [0.05, 0.1) is 19.8 Å². The standard InChI is InChI=1S/C20H33N3O2/c1-3-21-20(23-16-17-10-7-8-13-19(17)24-2)22-14-9-15-25-18-11-5-4-6-12-18/h7-8,10,13,18H,3-6,9,11-12,14-16H2,1-2H3,(H2,21,22,23). The number of benzene rings is 1. The van der Waals surface area contributed by atoms with Crippen LogP contribution >= 0.6 is 0 Å². The average Bonchev–Trinajstić information content (AvgIpc) is 2.66. The van der Waals surface area contributed by atoms with Crippen LogP contribution < -0.4 is 15.4 Å². The fraction of sp³-hybridized carbons (Fsp3) is 0.650. The molecular weight excluding hydrogens is 314 g/mol. The third-order valence-corrected chi connectivity index (χ3v) is 4.46. The van der Waals surface area contributed by atoms with Gasteiger partial charge in [0.25, 0.3) is 0 Å². The minimum Gasteiger partial charge on any atom is -0.496 e. The minimum absolute atomic E-state index is 0.487. The van der Waals surface area contributed by atoms with Crippen LogP contribution in [0, 0.1) is 0 Å². The molecular formula is C20H33N3O2. The number of nitrogens with one attached hydrogen (secondary N) is 2. The van der Waals surface area contributed by atoms with E-state index in [0.29, 0.717) is 12.6 Å². The number of nitrogens with zero attached hydrogens (tertiary/aromatic N) is 1. The van der Waals surface area contributed by atoms with Crippen LogP contribution in [-0.2, 0) is 11.3 Å². The lowest BCUT2D eigenvalue weighted by Crippen LogP contribution is -2.38. The second-order valence-corrected chi connectivity index (χ2v) is 6.42. The zero-order valence-corrected chi connectivity index (χ0v) is 15.7.